The molecule has 0 spiro atoms. The molecule has 8 heavy (non-hydrogen) atoms. The summed E-state index contributed by atoms with van der Waals surface area (Å²) in [5, 5.41) is 0. The van der Waals surface area contributed by atoms with Crippen LogP contribution in [0.2, 0.25) is 0 Å². The van der Waals surface area contributed by atoms with Crippen LogP contribution in [0.3, 0.4) is 0 Å². The molecular formula is C6H8BLi. The Balaban J connectivity index is 0.000000490. The van der Waals surface area contributed by atoms with Gasteiger partial charge in [-0.2, -0.15) is 0 Å². The van der Waals surface area contributed by atoms with Gasteiger partial charge in [0.2, 0.25) is 0 Å². The predicted octanol–water partition coefficient (Wildman–Crippen LogP) is 0.685. The molecule has 0 saturated heterocycles. The van der Waals surface area contributed by atoms with Gasteiger partial charge in [-0.25, -0.2) is 0 Å². The van der Waals surface area contributed by atoms with Gasteiger partial charge in [-0.1, -0.05) is 0 Å². The van der Waals surface area contributed by atoms with Crippen LogP contribution in [0, 0.1) is 6.92 Å². The van der Waals surface area contributed by atoms with Crippen molar-refractivity contribution < 1.29 is 0 Å². The first-order valence-electron chi connectivity index (χ1n) is 2.41. The molecule has 0 aliphatic rings. The summed E-state index contributed by atoms with van der Waals surface area (Å²) in [4.78, 5) is 0. The van der Waals surface area contributed by atoms with Crippen LogP contribution in [0.4, 0.5) is 0 Å². The van der Waals surface area contributed by atoms with E-state index in [4.69, 9.17) is 0 Å². The Morgan fingerprint density at radius 1 is 1.38 bits per heavy atom. The summed E-state index contributed by atoms with van der Waals surface area (Å²) >= 11 is 0. The average Bonchev–Trinajstić information content (AvgIpc) is 1.69. The van der Waals surface area contributed by atoms with Gasteiger partial charge in [-0.3, -0.25) is 0 Å². The fourth-order valence-electron chi connectivity index (χ4n) is 0.534. The topological polar surface area (TPSA) is 0 Å². The van der Waals surface area contributed by atoms with E-state index in [9.17, 15) is 0 Å². The van der Waals surface area contributed by atoms with Crippen molar-refractivity contribution >= 4 is 25.8 Å². The van der Waals surface area contributed by atoms with Crippen LogP contribution < -0.4 is 0 Å². The molecule has 0 atom stereocenters. The molecular weight excluding hydrogens is 89.8 g/mol. The Labute approximate surface area is 62.7 Å². The summed E-state index contributed by atoms with van der Waals surface area (Å²) < 4.78 is 0. The maximum atomic E-state index is 2.08. The van der Waals surface area contributed by atoms with Crippen molar-refractivity contribution in [1.82, 2.24) is 0 Å². The molecule has 0 amide bonds. The van der Waals surface area contributed by atoms with E-state index in [-0.39, 0.29) is 18.9 Å². The van der Waals surface area contributed by atoms with Crippen molar-refractivity contribution in [2.75, 3.05) is 0 Å². The monoisotopic (exact) mass is 98.1 g/mol. The maximum absolute atomic E-state index is 2.08. The van der Waals surface area contributed by atoms with Crippen LogP contribution in [0.15, 0.2) is 24.2 Å². The molecule has 0 radical (unpaired) electrons. The molecule has 0 N–H and O–H groups in total. The Bertz CT molecular complexity index is 138. The molecule has 1 aromatic rings. The normalized spacial score (nSPS) is 7.12. The second-order valence-electron chi connectivity index (χ2n) is 1.65. The average molecular weight is 97.9 g/mol. The van der Waals surface area contributed by atoms with E-state index in [1.807, 2.05) is 18.1 Å². The number of hydrogen-bond donors (Lipinski definition) is 0. The van der Waals surface area contributed by atoms with Crippen LogP contribution in [0.5, 0.6) is 0 Å². The summed E-state index contributed by atoms with van der Waals surface area (Å²) in [5.41, 5.74) is 1.32. The van der Waals surface area contributed by atoms with Crippen molar-refractivity contribution in [2.45, 2.75) is 6.92 Å². The van der Waals surface area contributed by atoms with Gasteiger partial charge in [0, 0.05) is 0 Å². The van der Waals surface area contributed by atoms with Gasteiger partial charge in [0.25, 0.3) is 0 Å². The predicted molar refractivity (Wildman–Crippen MR) is 39.7 cm³/mol. The van der Waals surface area contributed by atoms with Crippen LogP contribution in [0.1, 0.15) is 5.46 Å². The zero-order valence-corrected chi connectivity index (χ0v) is 4.39. The van der Waals surface area contributed by atoms with Crippen LogP contribution in [-0.2, 0) is 0 Å². The van der Waals surface area contributed by atoms with Gasteiger partial charge in [0.15, 0.2) is 0 Å². The molecule has 0 saturated carbocycles. The Hall–Kier alpha value is 0.0123. The van der Waals surface area contributed by atoms with Crippen LogP contribution in [0.25, 0.3) is 0 Å². The Morgan fingerprint density at radius 3 is 2.38 bits per heavy atom. The number of hydrogen-bond acceptors (Lipinski definition) is 0. The molecule has 0 aliphatic heterocycles. The van der Waals surface area contributed by atoms with Crippen molar-refractivity contribution in [1.29, 1.82) is 0 Å². The van der Waals surface area contributed by atoms with Gasteiger partial charge < -0.3 is 0 Å². The third kappa shape index (κ3) is 2.35. The van der Waals surface area contributed by atoms with Crippen molar-refractivity contribution in [3.63, 3.8) is 0 Å². The first kappa shape index (κ1) is 8.01. The zero-order valence-electron chi connectivity index (χ0n) is 4.39. The summed E-state index contributed by atoms with van der Waals surface area (Å²) in [6, 6.07) is 6.14. The number of aryl methyl sites for hydroxylation is 1. The molecule has 1 heterocycles. The quantitative estimate of drug-likeness (QED) is 0.418. The molecule has 0 bridgehead atoms. The van der Waals surface area contributed by atoms with E-state index in [1.54, 1.807) is 0 Å². The van der Waals surface area contributed by atoms with Gasteiger partial charge in [-0.15, -0.1) is 0 Å². The summed E-state index contributed by atoms with van der Waals surface area (Å²) in [6.45, 7) is 4.17. The second-order valence-corrected chi connectivity index (χ2v) is 1.65. The summed E-state index contributed by atoms with van der Waals surface area (Å²) in [5.74, 6) is 2.04. The fourth-order valence-corrected chi connectivity index (χ4v) is 0.534. The summed E-state index contributed by atoms with van der Waals surface area (Å²) in [7, 11) is 0. The van der Waals surface area contributed by atoms with Crippen molar-refractivity contribution in [3.05, 3.63) is 29.6 Å². The Kier molecular flexibility index (Phi) is 3.95. The second kappa shape index (κ2) is 3.95. The van der Waals surface area contributed by atoms with Crippen LogP contribution >= 0.6 is 0 Å². The van der Waals surface area contributed by atoms with Gasteiger partial charge >= 0.3 is 62.3 Å². The molecule has 0 nitrogen and oxygen atoms in total. The molecule has 0 unspecified atom stereocenters. The molecule has 0 fully saturated rings. The van der Waals surface area contributed by atoms with Gasteiger partial charge in [-0.05, 0) is 0 Å². The van der Waals surface area contributed by atoms with Crippen molar-refractivity contribution in [3.8, 4) is 0 Å². The van der Waals surface area contributed by atoms with E-state index in [0.717, 1.165) is 0 Å². The molecule has 0 aliphatic carbocycles. The molecule has 2 heteroatoms. The third-order valence-corrected chi connectivity index (χ3v) is 0.940. The minimum absolute atomic E-state index is 0. The van der Waals surface area contributed by atoms with E-state index in [1.165, 1.54) is 5.46 Å². The SMILES string of the molecule is Cc1bcccc1.[LiH]. The Morgan fingerprint density at radius 2 is 2.12 bits per heavy atom. The van der Waals surface area contributed by atoms with E-state index in [2.05, 4.69) is 19.9 Å². The van der Waals surface area contributed by atoms with E-state index < -0.39 is 0 Å². The molecule has 36 valence electrons. The zero-order chi connectivity index (χ0) is 5.11. The van der Waals surface area contributed by atoms with Crippen molar-refractivity contribution in [2.24, 2.45) is 0 Å². The van der Waals surface area contributed by atoms with Crippen LogP contribution in [-0.4, -0.2) is 25.8 Å². The van der Waals surface area contributed by atoms with Gasteiger partial charge in [0.1, 0.15) is 0 Å². The first-order valence-corrected chi connectivity index (χ1v) is 2.41. The molecule has 0 aromatic carbocycles. The molecule has 1 rings (SSSR count). The van der Waals surface area contributed by atoms with E-state index >= 15 is 0 Å². The molecule has 1 aromatic heterocycles. The van der Waals surface area contributed by atoms with Gasteiger partial charge in [0.05, 0.1) is 0 Å². The first-order chi connectivity index (χ1) is 3.39. The minimum atomic E-state index is 0. The standard InChI is InChI=1S/C6H7B.Li.H/c1-6-4-2-3-5-7-6;;/h2-5H,1H3;;. The third-order valence-electron chi connectivity index (χ3n) is 0.940. The van der Waals surface area contributed by atoms with E-state index in [0.29, 0.717) is 0 Å². The number of rotatable bonds is 0. The fraction of sp³-hybridized carbons (Fsp3) is 0.167. The summed E-state index contributed by atoms with van der Waals surface area (Å²) in [6.07, 6.45) is 0.